The first kappa shape index (κ1) is 26.5. The molecule has 0 radical (unpaired) electrons. The van der Waals surface area contributed by atoms with Crippen molar-refractivity contribution >= 4 is 10.9 Å². The van der Waals surface area contributed by atoms with Gasteiger partial charge in [-0.1, -0.05) is 5.92 Å². The van der Waals surface area contributed by atoms with Crippen LogP contribution in [0.15, 0.2) is 35.9 Å². The third-order valence-electron chi connectivity index (χ3n) is 3.68. The van der Waals surface area contributed by atoms with Crippen molar-refractivity contribution in [3.63, 3.8) is 0 Å². The van der Waals surface area contributed by atoms with Gasteiger partial charge in [0.25, 0.3) is 0 Å². The molecule has 3 aromatic rings. The number of halogens is 2. The third kappa shape index (κ3) is 9.11. The second-order valence-corrected chi connectivity index (χ2v) is 5.88. The Hall–Kier alpha value is -5.50. The largest absolute Gasteiger partial charge is 0.360 e. The highest BCUT2D eigenvalue weighted by molar-refractivity contribution is 5.95. The lowest BCUT2D eigenvalue weighted by atomic mass is 10.1. The van der Waals surface area contributed by atoms with Crippen molar-refractivity contribution < 1.29 is 14.6 Å². The van der Waals surface area contributed by atoms with Crippen LogP contribution in [0.25, 0.3) is 32.5 Å². The molecule has 0 atom stereocenters. The predicted molar refractivity (Wildman–Crippen MR) is 137 cm³/mol. The molecule has 3 rings (SSSR count). The van der Waals surface area contributed by atoms with Crippen LogP contribution in [0.2, 0.25) is 0 Å². The lowest BCUT2D eigenvalue weighted by Crippen LogP contribution is -1.86. The maximum Gasteiger partial charge on any atom is 0.125 e. The molecule has 1 aromatic carbocycles. The minimum Gasteiger partial charge on any atom is -0.360 e. The molecule has 0 saturated carbocycles. The molecule has 0 fully saturated rings. The molecule has 8 heteroatoms. The average Bonchev–Trinajstić information content (AvgIpc) is 3.39. The van der Waals surface area contributed by atoms with E-state index in [9.17, 15) is 8.87 Å². The Bertz CT molecular complexity index is 1570. The molecule has 0 saturated heterocycles. The van der Waals surface area contributed by atoms with Crippen LogP contribution in [-0.4, -0.2) is 14.8 Å². The fourth-order valence-corrected chi connectivity index (χ4v) is 2.50. The number of rotatable bonds is 1. The summed E-state index contributed by atoms with van der Waals surface area (Å²) in [5.41, 5.74) is 10.9. The number of nitrogens with one attached hydrogen (secondary N) is 1. The van der Waals surface area contributed by atoms with Gasteiger partial charge in [0.2, 0.25) is 0 Å². The first-order chi connectivity index (χ1) is 16.5. The summed E-state index contributed by atoms with van der Waals surface area (Å²) in [5.74, 6) is 26.7. The van der Waals surface area contributed by atoms with Crippen molar-refractivity contribution in [1.82, 2.24) is 14.8 Å². The minimum atomic E-state index is -0.228. The van der Waals surface area contributed by atoms with E-state index in [1.165, 1.54) is 17.5 Å². The van der Waals surface area contributed by atoms with Crippen LogP contribution in [-0.2, 0) is 7.05 Å². The third-order valence-corrected chi connectivity index (χ3v) is 3.68. The Labute approximate surface area is 202 Å². The van der Waals surface area contributed by atoms with Crippen molar-refractivity contribution in [2.45, 2.75) is 13.8 Å². The number of nitrogens with zero attached hydrogens (tertiary/aromatic N) is 5. The van der Waals surface area contributed by atoms with Gasteiger partial charge in [-0.05, 0) is 96.8 Å². The quantitative estimate of drug-likeness (QED) is 0.211. The summed E-state index contributed by atoms with van der Waals surface area (Å²) in [5, 5.41) is 6.75. The number of azide groups is 1. The van der Waals surface area contributed by atoms with Gasteiger partial charge in [-0.25, -0.2) is 4.39 Å². The van der Waals surface area contributed by atoms with Crippen molar-refractivity contribution in [1.29, 1.82) is 0 Å². The fourth-order valence-electron chi connectivity index (χ4n) is 2.50. The van der Waals surface area contributed by atoms with Crippen LogP contribution >= 0.6 is 0 Å². The molecule has 1 N–H and O–H groups in total. The number of H-pyrrole nitrogens is 1. The molecule has 0 spiro atoms. The van der Waals surface area contributed by atoms with Crippen LogP contribution in [0.4, 0.5) is 8.87 Å². The molecule has 0 aliphatic carbocycles. The van der Waals surface area contributed by atoms with Crippen LogP contribution in [0, 0.1) is 84.3 Å². The van der Waals surface area contributed by atoms with E-state index in [0.717, 1.165) is 27.7 Å². The monoisotopic (exact) mass is 458 g/mol. The first-order valence-electron chi connectivity index (χ1n) is 9.28. The number of hydrogen-bond donors (Lipinski definition) is 1. The topological polar surface area (TPSA) is 82.4 Å². The van der Waals surface area contributed by atoms with Crippen LogP contribution in [0.1, 0.15) is 18.3 Å². The standard InChI is InChI=1S/C13H12FN3.C13H4.FN3.4H2/c1-8-12(7-17(2)16-8)11-6-15-13-5-9(14)3-4-10(11)13;1-3-5-7-9-11-13-12-10-8-6-4-2;1-3-4-2;;;;/h3-7,15H,1-2H3;1H,2H3;;4*1H. The molecular weight excluding hydrogens is 434 g/mol. The van der Waals surface area contributed by atoms with Crippen LogP contribution < -0.4 is 0 Å². The summed E-state index contributed by atoms with van der Waals surface area (Å²) in [4.78, 5) is 4.78. The fraction of sp³-hybridized carbons (Fsp3) is 0.115. The summed E-state index contributed by atoms with van der Waals surface area (Å²) < 4.78 is 24.8. The Morgan fingerprint density at radius 2 is 1.68 bits per heavy atom. The number of benzene rings is 1. The van der Waals surface area contributed by atoms with E-state index in [1.54, 1.807) is 22.6 Å². The number of aryl methyl sites for hydroxylation is 2. The maximum absolute atomic E-state index is 13.1. The van der Waals surface area contributed by atoms with E-state index in [4.69, 9.17) is 12.0 Å². The van der Waals surface area contributed by atoms with Gasteiger partial charge in [-0.3, -0.25) is 4.68 Å². The summed E-state index contributed by atoms with van der Waals surface area (Å²) in [6.45, 7) is 3.68. The molecule has 172 valence electrons. The van der Waals surface area contributed by atoms with Crippen molar-refractivity contribution in [2.24, 2.45) is 12.4 Å². The first-order valence-corrected chi connectivity index (χ1v) is 9.28. The molecule has 2 aromatic heterocycles. The van der Waals surface area contributed by atoms with Gasteiger partial charge in [0, 0.05) is 52.1 Å². The number of aromatic amines is 1. The Morgan fingerprint density at radius 1 is 1.09 bits per heavy atom. The zero-order valence-corrected chi connectivity index (χ0v) is 18.5. The molecule has 2 heterocycles. The Kier molecular flexibility index (Phi) is 12.0. The van der Waals surface area contributed by atoms with Crippen LogP contribution in [0.5, 0.6) is 0 Å². The highest BCUT2D eigenvalue weighted by Gasteiger charge is 2.11. The average molecular weight is 459 g/mol. The lowest BCUT2D eigenvalue weighted by molar-refractivity contribution is 0.525. The van der Waals surface area contributed by atoms with E-state index in [2.05, 4.69) is 75.2 Å². The highest BCUT2D eigenvalue weighted by Crippen LogP contribution is 2.30. The number of fused-ring (bicyclic) bond motifs is 1. The molecule has 0 aliphatic heterocycles. The van der Waals surface area contributed by atoms with E-state index < -0.39 is 0 Å². The van der Waals surface area contributed by atoms with E-state index in [1.807, 2.05) is 26.4 Å². The predicted octanol–water partition coefficient (Wildman–Crippen LogP) is 5.84. The minimum absolute atomic E-state index is 0. The Balaban J connectivity index is -0.000000250. The highest BCUT2D eigenvalue weighted by atomic mass is 19.2. The van der Waals surface area contributed by atoms with Gasteiger partial charge < -0.3 is 4.98 Å². The molecule has 6 nitrogen and oxygen atoms in total. The van der Waals surface area contributed by atoms with E-state index in [0.29, 0.717) is 0 Å². The zero-order chi connectivity index (χ0) is 25.2. The van der Waals surface area contributed by atoms with Gasteiger partial charge >= 0.3 is 0 Å². The number of terminal acetylenes is 1. The Morgan fingerprint density at radius 3 is 2.18 bits per heavy atom. The molecule has 0 aliphatic rings. The van der Waals surface area contributed by atoms with Gasteiger partial charge in [-0.15, -0.1) is 10.9 Å². The second-order valence-electron chi connectivity index (χ2n) is 5.88. The van der Waals surface area contributed by atoms with Gasteiger partial charge in [0.1, 0.15) is 11.2 Å². The van der Waals surface area contributed by atoms with E-state index >= 15 is 0 Å². The molecule has 0 unspecified atom stereocenters. The molecule has 34 heavy (non-hydrogen) atoms. The number of aromatic nitrogens is 3. The van der Waals surface area contributed by atoms with Gasteiger partial charge in [0.05, 0.1) is 5.69 Å². The van der Waals surface area contributed by atoms with E-state index in [-0.39, 0.29) is 11.5 Å². The molecule has 0 bridgehead atoms. The summed E-state index contributed by atoms with van der Waals surface area (Å²) in [6, 6.07) is 4.78. The number of hydrogen-bond acceptors (Lipinski definition) is 2. The zero-order valence-electron chi connectivity index (χ0n) is 18.5. The lowest BCUT2D eigenvalue weighted by Gasteiger charge is -1.96. The SMILES string of the molecule is C#CC#CC#CC#CC#CC#CC.Cc1nn(C)cc1-c1c[nH]c2cc(F)ccc12.[HH].[HH].[HH].[HH].[N-]=[N+]=NF. The maximum atomic E-state index is 13.1. The second kappa shape index (κ2) is 15.3. The molecule has 0 amide bonds. The summed E-state index contributed by atoms with van der Waals surface area (Å²) >= 11 is 0. The summed E-state index contributed by atoms with van der Waals surface area (Å²) in [6.07, 6.45) is 8.73. The van der Waals surface area contributed by atoms with Crippen molar-refractivity contribution in [3.05, 3.63) is 52.5 Å². The summed E-state index contributed by atoms with van der Waals surface area (Å²) in [7, 11) is 1.89. The van der Waals surface area contributed by atoms with Crippen LogP contribution in [0.3, 0.4) is 0 Å². The van der Waals surface area contributed by atoms with Crippen molar-refractivity contribution in [3.8, 4) is 82.7 Å². The van der Waals surface area contributed by atoms with Gasteiger partial charge in [-0.2, -0.15) is 5.10 Å². The normalized spacial score (nSPS) is 7.53. The van der Waals surface area contributed by atoms with Gasteiger partial charge in [0.15, 0.2) is 0 Å². The smallest absolute Gasteiger partial charge is 0.125 e. The van der Waals surface area contributed by atoms with Crippen molar-refractivity contribution in [2.75, 3.05) is 0 Å². The molecular formula is C26H24F2N6.